The van der Waals surface area contributed by atoms with Gasteiger partial charge in [-0.05, 0) is 77.9 Å². The number of aromatic hydroxyl groups is 1. The summed E-state index contributed by atoms with van der Waals surface area (Å²) >= 11 is 6.69. The van der Waals surface area contributed by atoms with Gasteiger partial charge in [0.1, 0.15) is 0 Å². The van der Waals surface area contributed by atoms with Gasteiger partial charge >= 0.3 is 5.97 Å². The monoisotopic (exact) mass is 654 g/mol. The second-order valence-corrected chi connectivity index (χ2v) is 10.5. The molecule has 2 aromatic carbocycles. The number of esters is 1. The molecule has 34 heavy (non-hydrogen) atoms. The van der Waals surface area contributed by atoms with Crippen molar-refractivity contribution in [2.24, 2.45) is 4.99 Å². The van der Waals surface area contributed by atoms with Crippen molar-refractivity contribution >= 4 is 61.9 Å². The number of nitrogens with zero attached hydrogens (tertiary/aromatic N) is 2. The van der Waals surface area contributed by atoms with Gasteiger partial charge in [-0.25, -0.2) is 9.79 Å². The average Bonchev–Trinajstić information content (AvgIpc) is 3.10. The molecular weight excluding hydrogens is 635 g/mol. The number of phenolic OH excluding ortho intramolecular Hbond substituents is 1. The zero-order valence-electron chi connectivity index (χ0n) is 18.5. The van der Waals surface area contributed by atoms with Crippen molar-refractivity contribution in [3.63, 3.8) is 0 Å². The zero-order valence-corrected chi connectivity index (χ0v) is 23.0. The quantitative estimate of drug-likeness (QED) is 0.333. The Bertz CT molecular complexity index is 1490. The van der Waals surface area contributed by atoms with Crippen LogP contribution in [0.1, 0.15) is 31.0 Å². The Morgan fingerprint density at radius 3 is 2.68 bits per heavy atom. The van der Waals surface area contributed by atoms with Crippen LogP contribution in [0.5, 0.6) is 11.5 Å². The molecule has 7 nitrogen and oxygen atoms in total. The van der Waals surface area contributed by atoms with Crippen molar-refractivity contribution in [2.45, 2.75) is 19.9 Å². The first-order valence-corrected chi connectivity index (χ1v) is 13.0. The molecule has 0 unspecified atom stereocenters. The molecule has 1 N–H and O–H groups in total. The van der Waals surface area contributed by atoms with Crippen molar-refractivity contribution in [3.05, 3.63) is 86.5 Å². The highest BCUT2D eigenvalue weighted by Gasteiger charge is 2.33. The molecule has 176 valence electrons. The van der Waals surface area contributed by atoms with E-state index in [1.165, 1.54) is 18.4 Å². The average molecular weight is 655 g/mol. The van der Waals surface area contributed by atoms with Gasteiger partial charge in [0.2, 0.25) is 0 Å². The van der Waals surface area contributed by atoms with E-state index in [9.17, 15) is 14.7 Å². The Kier molecular flexibility index (Phi) is 7.29. The maximum Gasteiger partial charge on any atom is 0.338 e. The number of phenols is 1. The molecule has 1 aliphatic heterocycles. The number of benzene rings is 2. The summed E-state index contributed by atoms with van der Waals surface area (Å²) in [5.41, 5.74) is 2.05. The third kappa shape index (κ3) is 4.58. The predicted octanol–water partition coefficient (Wildman–Crippen LogP) is 3.88. The van der Waals surface area contributed by atoms with Crippen LogP contribution < -0.4 is 19.6 Å². The SMILES string of the molecule is CCOC(=O)C1=C(C)N=c2sc(=Cc3cc(I)c(O)c(OC)c3)c(=O)n2[C@H]1c1ccc(Br)cc1. The fourth-order valence-electron chi connectivity index (χ4n) is 3.74. The van der Waals surface area contributed by atoms with Crippen molar-refractivity contribution in [1.82, 2.24) is 4.57 Å². The van der Waals surface area contributed by atoms with E-state index in [1.807, 2.05) is 46.9 Å². The van der Waals surface area contributed by atoms with Crippen LogP contribution >= 0.6 is 49.9 Å². The molecule has 0 fully saturated rings. The fraction of sp³-hybridized carbons (Fsp3) is 0.208. The molecule has 10 heteroatoms. The van der Waals surface area contributed by atoms with E-state index in [2.05, 4.69) is 20.9 Å². The van der Waals surface area contributed by atoms with E-state index < -0.39 is 12.0 Å². The molecule has 1 aromatic heterocycles. The van der Waals surface area contributed by atoms with Gasteiger partial charge < -0.3 is 14.6 Å². The van der Waals surface area contributed by atoms with E-state index >= 15 is 0 Å². The van der Waals surface area contributed by atoms with Gasteiger partial charge in [0, 0.05) is 4.47 Å². The maximum absolute atomic E-state index is 13.6. The first-order valence-electron chi connectivity index (χ1n) is 10.3. The molecule has 1 atom stereocenters. The lowest BCUT2D eigenvalue weighted by Gasteiger charge is -2.24. The number of methoxy groups -OCH3 is 1. The molecule has 0 saturated carbocycles. The summed E-state index contributed by atoms with van der Waals surface area (Å²) in [6.45, 7) is 3.71. The fourth-order valence-corrected chi connectivity index (χ4v) is 5.67. The Labute approximate surface area is 221 Å². The minimum Gasteiger partial charge on any atom is -0.504 e. The summed E-state index contributed by atoms with van der Waals surface area (Å²) in [7, 11) is 1.47. The lowest BCUT2D eigenvalue weighted by molar-refractivity contribution is -0.139. The third-order valence-corrected chi connectivity index (χ3v) is 7.61. The first-order chi connectivity index (χ1) is 16.2. The van der Waals surface area contributed by atoms with Gasteiger partial charge in [-0.2, -0.15) is 0 Å². The highest BCUT2D eigenvalue weighted by atomic mass is 127. The number of aromatic nitrogens is 1. The van der Waals surface area contributed by atoms with Crippen LogP contribution in [0.3, 0.4) is 0 Å². The number of carbonyl (C=O) groups is 1. The van der Waals surface area contributed by atoms with E-state index in [0.29, 0.717) is 35.5 Å². The number of allylic oxidation sites excluding steroid dienone is 1. The van der Waals surface area contributed by atoms with Gasteiger partial charge in [-0.15, -0.1) is 0 Å². The third-order valence-electron chi connectivity index (χ3n) is 5.27. The Balaban J connectivity index is 1.95. The number of thiazole rings is 1. The highest BCUT2D eigenvalue weighted by Crippen LogP contribution is 2.33. The number of ether oxygens (including phenoxy) is 2. The first kappa shape index (κ1) is 24.7. The summed E-state index contributed by atoms with van der Waals surface area (Å²) in [6.07, 6.45) is 1.73. The molecule has 3 aromatic rings. The number of fused-ring (bicyclic) bond motifs is 1. The molecule has 4 rings (SSSR count). The number of rotatable bonds is 5. The molecule has 0 saturated heterocycles. The number of halogens is 2. The summed E-state index contributed by atoms with van der Waals surface area (Å²) in [6, 6.07) is 10.2. The summed E-state index contributed by atoms with van der Waals surface area (Å²) < 4.78 is 14.0. The summed E-state index contributed by atoms with van der Waals surface area (Å²) in [5, 5.41) is 10.1. The van der Waals surface area contributed by atoms with E-state index in [0.717, 1.165) is 10.0 Å². The smallest absolute Gasteiger partial charge is 0.338 e. The van der Waals surface area contributed by atoms with Gasteiger partial charge in [0.25, 0.3) is 5.56 Å². The van der Waals surface area contributed by atoms with Crippen LogP contribution in [0.25, 0.3) is 6.08 Å². The lowest BCUT2D eigenvalue weighted by Crippen LogP contribution is -2.39. The van der Waals surface area contributed by atoms with E-state index in [4.69, 9.17) is 9.47 Å². The minimum atomic E-state index is -0.667. The van der Waals surface area contributed by atoms with Gasteiger partial charge in [-0.3, -0.25) is 9.36 Å². The van der Waals surface area contributed by atoms with Gasteiger partial charge in [0.15, 0.2) is 16.3 Å². The van der Waals surface area contributed by atoms with Crippen molar-refractivity contribution in [3.8, 4) is 11.5 Å². The standard InChI is InChI=1S/C24H20BrIN2O5S/c1-4-33-23(31)19-12(2)27-24-28(20(19)14-5-7-15(25)8-6-14)22(30)18(34-24)11-13-9-16(26)21(29)17(10-13)32-3/h5-11,20,29H,4H2,1-3H3/t20-/m0/s1. The molecule has 1 aliphatic rings. The predicted molar refractivity (Wildman–Crippen MR) is 142 cm³/mol. The van der Waals surface area contributed by atoms with Crippen LogP contribution in [0.2, 0.25) is 0 Å². The number of hydrogen-bond acceptors (Lipinski definition) is 7. The number of carbonyl (C=O) groups excluding carboxylic acids is 1. The Hall–Kier alpha value is -2.44. The van der Waals surface area contributed by atoms with Crippen molar-refractivity contribution in [2.75, 3.05) is 13.7 Å². The van der Waals surface area contributed by atoms with E-state index in [-0.39, 0.29) is 17.9 Å². The molecular formula is C24H20BrIN2O5S. The highest BCUT2D eigenvalue weighted by molar-refractivity contribution is 14.1. The second kappa shape index (κ2) is 10.0. The van der Waals surface area contributed by atoms with Crippen LogP contribution in [0.4, 0.5) is 0 Å². The van der Waals surface area contributed by atoms with Gasteiger partial charge in [0.05, 0.1) is 39.1 Å². The normalized spacial score (nSPS) is 15.7. The largest absolute Gasteiger partial charge is 0.504 e. The molecule has 0 aliphatic carbocycles. The van der Waals surface area contributed by atoms with Crippen molar-refractivity contribution < 1.29 is 19.4 Å². The van der Waals surface area contributed by atoms with Gasteiger partial charge in [-0.1, -0.05) is 39.4 Å². The molecule has 0 bridgehead atoms. The lowest BCUT2D eigenvalue weighted by atomic mass is 9.96. The Morgan fingerprint density at radius 2 is 2.03 bits per heavy atom. The van der Waals surface area contributed by atoms with Crippen LogP contribution in [0.15, 0.2) is 61.9 Å². The van der Waals surface area contributed by atoms with Crippen LogP contribution in [-0.2, 0) is 9.53 Å². The molecule has 0 spiro atoms. The van der Waals surface area contributed by atoms with Crippen LogP contribution in [0, 0.1) is 3.57 Å². The summed E-state index contributed by atoms with van der Waals surface area (Å²) in [4.78, 5) is 31.6. The number of hydrogen-bond donors (Lipinski definition) is 1. The molecule has 0 radical (unpaired) electrons. The van der Waals surface area contributed by atoms with Crippen molar-refractivity contribution in [1.29, 1.82) is 0 Å². The second-order valence-electron chi connectivity index (χ2n) is 7.41. The Morgan fingerprint density at radius 1 is 1.32 bits per heavy atom. The maximum atomic E-state index is 13.6. The van der Waals surface area contributed by atoms with Crippen LogP contribution in [-0.4, -0.2) is 29.4 Å². The minimum absolute atomic E-state index is 0.0478. The zero-order chi connectivity index (χ0) is 24.6. The topological polar surface area (TPSA) is 90.1 Å². The van der Waals surface area contributed by atoms with E-state index in [1.54, 1.807) is 36.6 Å². The summed E-state index contributed by atoms with van der Waals surface area (Å²) in [5.74, 6) is -0.130. The molecule has 2 heterocycles. The molecule has 0 amide bonds.